The highest BCUT2D eigenvalue weighted by Crippen LogP contribution is 2.35. The Morgan fingerprint density at radius 2 is 1.70 bits per heavy atom. The van der Waals surface area contributed by atoms with E-state index < -0.39 is 11.6 Å². The molecular formula is C15H9ClF2O2. The van der Waals surface area contributed by atoms with Crippen LogP contribution in [-0.4, -0.2) is 6.61 Å². The van der Waals surface area contributed by atoms with Crippen LogP contribution in [0.15, 0.2) is 42.5 Å². The van der Waals surface area contributed by atoms with Crippen LogP contribution in [0.25, 0.3) is 5.76 Å². The van der Waals surface area contributed by atoms with Crippen molar-refractivity contribution in [2.24, 2.45) is 0 Å². The lowest BCUT2D eigenvalue weighted by Gasteiger charge is -2.20. The first kappa shape index (κ1) is 12.9. The van der Waals surface area contributed by atoms with Crippen LogP contribution in [0.4, 0.5) is 8.78 Å². The Morgan fingerprint density at radius 3 is 2.45 bits per heavy atom. The number of halogens is 3. The average molecular weight is 295 g/mol. The second kappa shape index (κ2) is 5.13. The molecule has 102 valence electrons. The van der Waals surface area contributed by atoms with Gasteiger partial charge in [0.05, 0.1) is 5.56 Å². The predicted molar refractivity (Wildman–Crippen MR) is 71.9 cm³/mol. The van der Waals surface area contributed by atoms with Crippen molar-refractivity contribution in [3.63, 3.8) is 0 Å². The lowest BCUT2D eigenvalue weighted by atomic mass is 10.1. The van der Waals surface area contributed by atoms with E-state index in [0.29, 0.717) is 10.8 Å². The Bertz CT molecular complexity index is 681. The number of rotatable bonds is 2. The van der Waals surface area contributed by atoms with E-state index in [0.717, 1.165) is 12.1 Å². The molecule has 0 radical (unpaired) electrons. The first-order valence-corrected chi connectivity index (χ1v) is 6.27. The second-order valence-corrected chi connectivity index (χ2v) is 4.61. The van der Waals surface area contributed by atoms with Crippen molar-refractivity contribution < 1.29 is 18.3 Å². The quantitative estimate of drug-likeness (QED) is 0.816. The number of fused-ring (bicyclic) bond motifs is 1. The Morgan fingerprint density at radius 1 is 1.00 bits per heavy atom. The molecule has 0 amide bonds. The van der Waals surface area contributed by atoms with E-state index in [1.165, 1.54) is 0 Å². The summed E-state index contributed by atoms with van der Waals surface area (Å²) in [4.78, 5) is 0. The van der Waals surface area contributed by atoms with Crippen LogP contribution in [0, 0.1) is 11.6 Å². The SMILES string of the molecule is Fc1ccc(F)c2c1OCC=C2Oc1ccc(Cl)cc1. The van der Waals surface area contributed by atoms with E-state index >= 15 is 0 Å². The van der Waals surface area contributed by atoms with Gasteiger partial charge < -0.3 is 9.47 Å². The summed E-state index contributed by atoms with van der Waals surface area (Å²) in [6.45, 7) is 0.121. The highest BCUT2D eigenvalue weighted by molar-refractivity contribution is 6.30. The van der Waals surface area contributed by atoms with Gasteiger partial charge >= 0.3 is 0 Å². The molecule has 0 saturated heterocycles. The van der Waals surface area contributed by atoms with E-state index in [4.69, 9.17) is 21.1 Å². The Balaban J connectivity index is 1.98. The molecule has 0 saturated carbocycles. The van der Waals surface area contributed by atoms with Gasteiger partial charge in [-0.25, -0.2) is 8.78 Å². The summed E-state index contributed by atoms with van der Waals surface area (Å²) in [5, 5.41) is 0.566. The van der Waals surface area contributed by atoms with Crippen LogP contribution in [0.1, 0.15) is 5.56 Å². The van der Waals surface area contributed by atoms with Crippen molar-refractivity contribution in [3.05, 3.63) is 64.7 Å². The summed E-state index contributed by atoms with van der Waals surface area (Å²) in [6, 6.07) is 8.67. The third-order valence-electron chi connectivity index (χ3n) is 2.84. The van der Waals surface area contributed by atoms with Crippen LogP contribution in [0.5, 0.6) is 11.5 Å². The topological polar surface area (TPSA) is 18.5 Å². The molecule has 2 nitrogen and oxygen atoms in total. The highest BCUT2D eigenvalue weighted by Gasteiger charge is 2.23. The van der Waals surface area contributed by atoms with Crippen molar-refractivity contribution >= 4 is 17.4 Å². The van der Waals surface area contributed by atoms with Crippen LogP contribution in [0.2, 0.25) is 5.02 Å². The number of ether oxygens (including phenoxy) is 2. The van der Waals surface area contributed by atoms with Gasteiger partial charge in [0.2, 0.25) is 0 Å². The van der Waals surface area contributed by atoms with Crippen LogP contribution in [0.3, 0.4) is 0 Å². The molecule has 1 aliphatic rings. The molecule has 0 unspecified atom stereocenters. The minimum Gasteiger partial charge on any atom is -0.485 e. The van der Waals surface area contributed by atoms with E-state index in [-0.39, 0.29) is 23.7 Å². The summed E-state index contributed by atoms with van der Waals surface area (Å²) in [5.41, 5.74) is -0.00815. The van der Waals surface area contributed by atoms with Crippen molar-refractivity contribution in [1.29, 1.82) is 0 Å². The third-order valence-corrected chi connectivity index (χ3v) is 3.10. The summed E-state index contributed by atoms with van der Waals surface area (Å²) in [5.74, 6) is -0.632. The fourth-order valence-electron chi connectivity index (χ4n) is 1.93. The van der Waals surface area contributed by atoms with Gasteiger partial charge in [-0.1, -0.05) is 11.6 Å². The molecule has 5 heteroatoms. The van der Waals surface area contributed by atoms with Crippen molar-refractivity contribution in [2.75, 3.05) is 6.61 Å². The van der Waals surface area contributed by atoms with Gasteiger partial charge in [-0.05, 0) is 42.5 Å². The summed E-state index contributed by atoms with van der Waals surface area (Å²) in [7, 11) is 0. The molecule has 1 heterocycles. The zero-order chi connectivity index (χ0) is 14.1. The minimum atomic E-state index is -0.619. The summed E-state index contributed by atoms with van der Waals surface area (Å²) < 4.78 is 38.2. The average Bonchev–Trinajstić information content (AvgIpc) is 2.46. The number of hydrogen-bond donors (Lipinski definition) is 0. The molecule has 3 rings (SSSR count). The maximum atomic E-state index is 13.9. The maximum absolute atomic E-state index is 13.9. The van der Waals surface area contributed by atoms with Gasteiger partial charge in [-0.15, -0.1) is 0 Å². The lowest BCUT2D eigenvalue weighted by molar-refractivity contribution is 0.323. The van der Waals surface area contributed by atoms with Crippen LogP contribution >= 0.6 is 11.6 Å². The standard InChI is InChI=1S/C15H9ClF2O2/c16-9-1-3-10(4-2-9)20-13-7-8-19-15-12(18)6-5-11(17)14(13)15/h1-7H,8H2. The van der Waals surface area contributed by atoms with Gasteiger partial charge in [0.25, 0.3) is 0 Å². The molecule has 20 heavy (non-hydrogen) atoms. The van der Waals surface area contributed by atoms with Crippen LogP contribution < -0.4 is 9.47 Å². The van der Waals surface area contributed by atoms with Crippen molar-refractivity contribution in [2.45, 2.75) is 0 Å². The molecule has 0 N–H and O–H groups in total. The summed E-state index contributed by atoms with van der Waals surface area (Å²) in [6.07, 6.45) is 1.56. The monoisotopic (exact) mass is 294 g/mol. The largest absolute Gasteiger partial charge is 0.485 e. The van der Waals surface area contributed by atoms with Gasteiger partial charge in [0.1, 0.15) is 23.9 Å². The molecule has 1 aliphatic heterocycles. The molecule has 0 aliphatic carbocycles. The van der Waals surface area contributed by atoms with Crippen molar-refractivity contribution in [1.82, 2.24) is 0 Å². The zero-order valence-electron chi connectivity index (χ0n) is 10.2. The molecule has 0 fully saturated rings. The third kappa shape index (κ3) is 2.34. The van der Waals surface area contributed by atoms with Gasteiger partial charge in [-0.3, -0.25) is 0 Å². The molecule has 2 aromatic carbocycles. The fraction of sp³-hybridized carbons (Fsp3) is 0.0667. The first-order valence-electron chi connectivity index (χ1n) is 5.90. The smallest absolute Gasteiger partial charge is 0.169 e. The number of benzene rings is 2. The Labute approximate surface area is 119 Å². The Kier molecular flexibility index (Phi) is 3.32. The molecule has 0 aromatic heterocycles. The molecule has 0 atom stereocenters. The zero-order valence-corrected chi connectivity index (χ0v) is 11.0. The predicted octanol–water partition coefficient (Wildman–Crippen LogP) is 4.43. The first-order chi connectivity index (χ1) is 9.65. The molecule has 2 aromatic rings. The van der Waals surface area contributed by atoms with Gasteiger partial charge in [0, 0.05) is 5.02 Å². The highest BCUT2D eigenvalue weighted by atomic mass is 35.5. The molecular weight excluding hydrogens is 286 g/mol. The molecule has 0 spiro atoms. The second-order valence-electron chi connectivity index (χ2n) is 4.17. The van der Waals surface area contributed by atoms with E-state index in [1.54, 1.807) is 30.3 Å². The normalized spacial score (nSPS) is 13.2. The van der Waals surface area contributed by atoms with Crippen LogP contribution in [-0.2, 0) is 0 Å². The minimum absolute atomic E-state index is 0.00815. The van der Waals surface area contributed by atoms with Crippen molar-refractivity contribution in [3.8, 4) is 11.5 Å². The lowest BCUT2D eigenvalue weighted by Crippen LogP contribution is -2.11. The van der Waals surface area contributed by atoms with E-state index in [2.05, 4.69) is 0 Å². The van der Waals surface area contributed by atoms with E-state index in [1.807, 2.05) is 0 Å². The maximum Gasteiger partial charge on any atom is 0.169 e. The summed E-state index contributed by atoms with van der Waals surface area (Å²) >= 11 is 5.78. The Hall–Kier alpha value is -2.07. The van der Waals surface area contributed by atoms with E-state index in [9.17, 15) is 8.78 Å². The number of hydrogen-bond acceptors (Lipinski definition) is 2. The van der Waals surface area contributed by atoms with Gasteiger partial charge in [-0.2, -0.15) is 0 Å². The fourth-order valence-corrected chi connectivity index (χ4v) is 2.05. The molecule has 0 bridgehead atoms. The van der Waals surface area contributed by atoms with Gasteiger partial charge in [0.15, 0.2) is 11.6 Å².